The Bertz CT molecular complexity index is 833. The molecule has 0 saturated carbocycles. The molecule has 1 aromatic carbocycles. The molecule has 4 nitrogen and oxygen atoms in total. The summed E-state index contributed by atoms with van der Waals surface area (Å²) in [5.41, 5.74) is 2.16. The molecule has 1 aliphatic heterocycles. The summed E-state index contributed by atoms with van der Waals surface area (Å²) in [5.74, 6) is -0.260. The van der Waals surface area contributed by atoms with Crippen LogP contribution in [0.2, 0.25) is 0 Å². The summed E-state index contributed by atoms with van der Waals surface area (Å²) in [7, 11) is 0. The number of Topliss-reactive ketones (excluding diaryl/α,β-unsaturated/α-hetero) is 1. The van der Waals surface area contributed by atoms with E-state index in [4.69, 9.17) is 0 Å². The Balaban J connectivity index is 0.00000196. The van der Waals surface area contributed by atoms with E-state index in [0.717, 1.165) is 24.0 Å². The third-order valence-electron chi connectivity index (χ3n) is 5.50. The van der Waals surface area contributed by atoms with Crippen LogP contribution in [0.5, 0.6) is 0 Å². The van der Waals surface area contributed by atoms with E-state index in [2.05, 4.69) is 4.98 Å². The molecule has 1 saturated heterocycles. The maximum atomic E-state index is 13.5. The van der Waals surface area contributed by atoms with Crippen LogP contribution in [0.3, 0.4) is 0 Å². The fourth-order valence-electron chi connectivity index (χ4n) is 4.13. The quantitative estimate of drug-likeness (QED) is 0.810. The summed E-state index contributed by atoms with van der Waals surface area (Å²) in [4.78, 5) is 30.7. The van der Waals surface area contributed by atoms with Crippen molar-refractivity contribution in [3.05, 3.63) is 65.2 Å². The zero-order chi connectivity index (χ0) is 17.4. The molecule has 4 rings (SSSR count). The van der Waals surface area contributed by atoms with E-state index in [1.807, 2.05) is 17.0 Å². The molecule has 0 N–H and O–H groups in total. The van der Waals surface area contributed by atoms with Gasteiger partial charge in [-0.1, -0.05) is 12.1 Å². The van der Waals surface area contributed by atoms with Gasteiger partial charge in [0.25, 0.3) is 0 Å². The van der Waals surface area contributed by atoms with Crippen molar-refractivity contribution in [2.45, 2.75) is 31.1 Å². The highest BCUT2D eigenvalue weighted by Crippen LogP contribution is 2.46. The highest BCUT2D eigenvalue weighted by atomic mass is 35.5. The lowest BCUT2D eigenvalue weighted by Crippen LogP contribution is -2.45. The zero-order valence-corrected chi connectivity index (χ0v) is 15.1. The molecular formula is C20H20ClFN2O2. The summed E-state index contributed by atoms with van der Waals surface area (Å²) in [6, 6.07) is 8.26. The molecule has 2 aromatic rings. The molecule has 0 bridgehead atoms. The average Bonchev–Trinajstić information content (AvgIpc) is 2.88. The van der Waals surface area contributed by atoms with Crippen LogP contribution >= 0.6 is 12.4 Å². The molecule has 1 amide bonds. The summed E-state index contributed by atoms with van der Waals surface area (Å²) in [6.07, 6.45) is 5.67. The van der Waals surface area contributed by atoms with Crippen molar-refractivity contribution in [1.29, 1.82) is 0 Å². The van der Waals surface area contributed by atoms with Gasteiger partial charge in [0.1, 0.15) is 5.82 Å². The molecule has 0 radical (unpaired) electrons. The van der Waals surface area contributed by atoms with Crippen LogP contribution in [-0.2, 0) is 16.6 Å². The Morgan fingerprint density at radius 2 is 2.00 bits per heavy atom. The summed E-state index contributed by atoms with van der Waals surface area (Å²) < 4.78 is 13.5. The van der Waals surface area contributed by atoms with Crippen molar-refractivity contribution in [3.8, 4) is 0 Å². The highest BCUT2D eigenvalue weighted by Gasteiger charge is 2.45. The number of rotatable bonds is 2. The van der Waals surface area contributed by atoms with Gasteiger partial charge in [0.05, 0.1) is 6.42 Å². The third-order valence-corrected chi connectivity index (χ3v) is 5.50. The second-order valence-corrected chi connectivity index (χ2v) is 6.99. The number of ketones is 1. The Morgan fingerprint density at radius 3 is 2.69 bits per heavy atom. The van der Waals surface area contributed by atoms with Gasteiger partial charge < -0.3 is 4.90 Å². The summed E-state index contributed by atoms with van der Waals surface area (Å²) in [5, 5.41) is 0. The maximum Gasteiger partial charge on any atom is 0.227 e. The minimum absolute atomic E-state index is 0. The fraction of sp³-hybridized carbons (Fsp3) is 0.350. The molecule has 2 aliphatic rings. The minimum atomic E-state index is -0.367. The van der Waals surface area contributed by atoms with Gasteiger partial charge in [0, 0.05) is 42.9 Å². The number of benzene rings is 1. The number of aromatic nitrogens is 1. The van der Waals surface area contributed by atoms with E-state index in [0.29, 0.717) is 31.5 Å². The minimum Gasteiger partial charge on any atom is -0.342 e. The third kappa shape index (κ3) is 3.23. The zero-order valence-electron chi connectivity index (χ0n) is 14.3. The standard InChI is InChI=1S/C20H19FN2O2.ClH/c21-15-3-4-17-16(11-15)18(24)12-20(17)5-8-23(9-6-20)19(25)10-14-2-1-7-22-13-14;/h1-4,7,11,13H,5-6,8-10,12H2;1H. The molecule has 2 heterocycles. The van der Waals surface area contributed by atoms with Crippen LogP contribution in [0.15, 0.2) is 42.7 Å². The highest BCUT2D eigenvalue weighted by molar-refractivity contribution is 6.02. The second kappa shape index (κ2) is 7.16. The van der Waals surface area contributed by atoms with Gasteiger partial charge in [-0.2, -0.15) is 0 Å². The number of carbonyl (C=O) groups is 2. The number of carbonyl (C=O) groups excluding carboxylic acids is 2. The first kappa shape index (κ1) is 18.5. The Hall–Kier alpha value is -2.27. The van der Waals surface area contributed by atoms with Crippen molar-refractivity contribution < 1.29 is 14.0 Å². The van der Waals surface area contributed by atoms with E-state index >= 15 is 0 Å². The molecular weight excluding hydrogens is 355 g/mol. The van der Waals surface area contributed by atoms with Crippen LogP contribution in [0, 0.1) is 5.82 Å². The van der Waals surface area contributed by atoms with Gasteiger partial charge in [-0.25, -0.2) is 4.39 Å². The molecule has 136 valence electrons. The van der Waals surface area contributed by atoms with Gasteiger partial charge in [-0.15, -0.1) is 12.4 Å². The number of likely N-dealkylation sites (tertiary alicyclic amines) is 1. The lowest BCUT2D eigenvalue weighted by Gasteiger charge is -2.39. The molecule has 1 spiro atoms. The second-order valence-electron chi connectivity index (χ2n) is 6.99. The van der Waals surface area contributed by atoms with E-state index < -0.39 is 0 Å². The van der Waals surface area contributed by atoms with Gasteiger partial charge >= 0.3 is 0 Å². The molecule has 0 atom stereocenters. The first-order valence-corrected chi connectivity index (χ1v) is 8.57. The molecule has 1 aliphatic carbocycles. The van der Waals surface area contributed by atoms with Crippen molar-refractivity contribution in [3.63, 3.8) is 0 Å². The smallest absolute Gasteiger partial charge is 0.227 e. The molecule has 0 unspecified atom stereocenters. The molecule has 1 aromatic heterocycles. The van der Waals surface area contributed by atoms with Crippen molar-refractivity contribution in [2.24, 2.45) is 0 Å². The maximum absolute atomic E-state index is 13.5. The summed E-state index contributed by atoms with van der Waals surface area (Å²) in [6.45, 7) is 1.26. The van der Waals surface area contributed by atoms with Gasteiger partial charge in [0.15, 0.2) is 5.78 Å². The van der Waals surface area contributed by atoms with Crippen LogP contribution in [0.25, 0.3) is 0 Å². The largest absolute Gasteiger partial charge is 0.342 e. The van der Waals surface area contributed by atoms with E-state index in [1.165, 1.54) is 12.1 Å². The summed E-state index contributed by atoms with van der Waals surface area (Å²) >= 11 is 0. The normalized spacial score (nSPS) is 17.7. The number of pyridine rings is 1. The lowest BCUT2D eigenvalue weighted by atomic mass is 9.73. The Labute approximate surface area is 157 Å². The Morgan fingerprint density at radius 1 is 1.23 bits per heavy atom. The Kier molecular flexibility index (Phi) is 5.10. The number of piperidine rings is 1. The number of fused-ring (bicyclic) bond motifs is 2. The number of hydrogen-bond acceptors (Lipinski definition) is 3. The van der Waals surface area contributed by atoms with Gasteiger partial charge in [-0.3, -0.25) is 14.6 Å². The van der Waals surface area contributed by atoms with E-state index in [1.54, 1.807) is 18.5 Å². The van der Waals surface area contributed by atoms with Gasteiger partial charge in [0.2, 0.25) is 5.91 Å². The SMILES string of the molecule is Cl.O=C1CC2(CCN(C(=O)Cc3cccnc3)CC2)c2ccc(F)cc21. The van der Waals surface area contributed by atoms with Crippen LogP contribution in [0.1, 0.15) is 40.7 Å². The van der Waals surface area contributed by atoms with Crippen LogP contribution in [-0.4, -0.2) is 34.7 Å². The van der Waals surface area contributed by atoms with Crippen molar-refractivity contribution in [2.75, 3.05) is 13.1 Å². The first-order chi connectivity index (χ1) is 12.1. The topological polar surface area (TPSA) is 50.3 Å². The molecule has 26 heavy (non-hydrogen) atoms. The monoisotopic (exact) mass is 374 g/mol. The lowest BCUT2D eigenvalue weighted by molar-refractivity contribution is -0.132. The molecule has 6 heteroatoms. The van der Waals surface area contributed by atoms with Crippen LogP contribution < -0.4 is 0 Å². The molecule has 1 fully saturated rings. The average molecular weight is 375 g/mol. The van der Waals surface area contributed by atoms with Crippen molar-refractivity contribution >= 4 is 24.1 Å². The van der Waals surface area contributed by atoms with Gasteiger partial charge in [-0.05, 0) is 42.2 Å². The van der Waals surface area contributed by atoms with E-state index in [-0.39, 0.29) is 35.3 Å². The number of nitrogens with zero attached hydrogens (tertiary/aromatic N) is 2. The predicted molar refractivity (Wildman–Crippen MR) is 98.0 cm³/mol. The number of amides is 1. The fourth-order valence-corrected chi connectivity index (χ4v) is 4.13. The van der Waals surface area contributed by atoms with Crippen LogP contribution in [0.4, 0.5) is 4.39 Å². The number of halogens is 2. The first-order valence-electron chi connectivity index (χ1n) is 8.57. The van der Waals surface area contributed by atoms with E-state index in [9.17, 15) is 14.0 Å². The number of hydrogen-bond donors (Lipinski definition) is 0. The predicted octanol–water partition coefficient (Wildman–Crippen LogP) is 3.33. The van der Waals surface area contributed by atoms with Crippen molar-refractivity contribution in [1.82, 2.24) is 9.88 Å².